The smallest absolute Gasteiger partial charge is 1.00 e. The van der Waals surface area contributed by atoms with E-state index >= 15 is 0 Å². The molecule has 85 heavy (non-hydrogen) atoms. The number of rotatable bonds is 15. The Bertz CT molecular complexity index is 2410. The van der Waals surface area contributed by atoms with Gasteiger partial charge in [0.15, 0.2) is 17.4 Å². The van der Waals surface area contributed by atoms with Gasteiger partial charge in [-0.3, -0.25) is 43.2 Å². The maximum absolute atomic E-state index is 12.1. The molecule has 4 aromatic carbocycles. The summed E-state index contributed by atoms with van der Waals surface area (Å²) in [5.74, 6) is -1.52. The summed E-state index contributed by atoms with van der Waals surface area (Å²) in [6.45, 7) is 5.01. The van der Waals surface area contributed by atoms with Crippen LogP contribution in [0.3, 0.4) is 0 Å². The van der Waals surface area contributed by atoms with Gasteiger partial charge in [0.25, 0.3) is 51.2 Å². The standard InChI is InChI=1S/2C15H21N3O3.C15H27N3.C9H3Cl3O3.C4H8O.C2H7N.Al.Li.4H/c2*1-16(2)13(19)10-7-11(14(20)17(3)4)9-12(8-10)15(21)18(5)6;1-16(2)10-13-7-14(11-17(3)4)9-15(8-13)12-18(5)6;10-7(13)4-1-5(8(11)14)3-6(2-4)9(12)15;1-2-4-5-3-1;1-3-2;;;;;;/h2*7-9H,1-6H3;7-9H,10-12H2,1-6H3;1-3H;1-4H2;3H,1-2H3;;;;;;/q;;;;;;;+1;;;;-1. The number of hydrogen-bond acceptors (Lipinski definition) is 14. The van der Waals surface area contributed by atoms with Crippen molar-refractivity contribution in [3.05, 3.63) is 140 Å². The molecule has 0 unspecified atom stereocenters. The molecule has 1 N–H and O–H groups in total. The maximum atomic E-state index is 12.1. The summed E-state index contributed by atoms with van der Waals surface area (Å²) in [7, 11) is 35.9. The minimum absolute atomic E-state index is 0. The van der Waals surface area contributed by atoms with E-state index < -0.39 is 15.7 Å². The third-order valence-corrected chi connectivity index (χ3v) is 11.5. The fourth-order valence-electron chi connectivity index (χ4n) is 7.23. The largest absolute Gasteiger partial charge is 1.00 e. The van der Waals surface area contributed by atoms with Crippen LogP contribution in [0.2, 0.25) is 0 Å². The number of amides is 6. The average Bonchev–Trinajstić information content (AvgIpc) is 4.00. The summed E-state index contributed by atoms with van der Waals surface area (Å²) < 4.78 is 4.94. The molecule has 1 heterocycles. The third kappa shape index (κ3) is 32.2. The van der Waals surface area contributed by atoms with Gasteiger partial charge in [0.1, 0.15) is 0 Å². The van der Waals surface area contributed by atoms with Crippen molar-refractivity contribution in [2.24, 2.45) is 0 Å². The Hall–Kier alpha value is -5.49. The molecular weight excluding hydrogens is 1160 g/mol. The molecule has 0 saturated carbocycles. The van der Waals surface area contributed by atoms with Gasteiger partial charge in [-0.05, 0) is 175 Å². The average molecular weight is 1250 g/mol. The van der Waals surface area contributed by atoms with Gasteiger partial charge in [-0.1, -0.05) is 18.2 Å². The van der Waals surface area contributed by atoms with Gasteiger partial charge in [-0.25, -0.2) is 0 Å². The van der Waals surface area contributed by atoms with Crippen molar-refractivity contribution >= 4 is 103 Å². The zero-order valence-corrected chi connectivity index (χ0v) is 55.4. The summed E-state index contributed by atoms with van der Waals surface area (Å²) >= 11 is 15.6. The van der Waals surface area contributed by atoms with Gasteiger partial charge in [-0.2, -0.15) is 0 Å². The molecule has 5 rings (SSSR count). The number of ether oxygens (including phenoxy) is 1. The van der Waals surface area contributed by atoms with Gasteiger partial charge in [0, 0.05) is 167 Å². The van der Waals surface area contributed by atoms with Crippen molar-refractivity contribution in [3.63, 3.8) is 0 Å². The van der Waals surface area contributed by atoms with Crippen LogP contribution in [0.1, 0.15) is 124 Å². The molecule has 0 aromatic heterocycles. The molecule has 0 radical (unpaired) electrons. The van der Waals surface area contributed by atoms with Crippen molar-refractivity contribution in [1.82, 2.24) is 49.4 Å². The van der Waals surface area contributed by atoms with E-state index in [-0.39, 0.29) is 89.8 Å². The zero-order chi connectivity index (χ0) is 64.2. The molecule has 25 heteroatoms. The van der Waals surface area contributed by atoms with Crippen LogP contribution in [0.5, 0.6) is 0 Å². The Balaban J connectivity index is -0.000000495. The number of carbonyl (C=O) groups is 9. The Labute approximate surface area is 543 Å². The van der Waals surface area contributed by atoms with Crippen LogP contribution in [-0.4, -0.2) is 267 Å². The van der Waals surface area contributed by atoms with Gasteiger partial charge in [0.05, 0.1) is 0 Å². The molecule has 1 aliphatic rings. The fourth-order valence-corrected chi connectivity index (χ4v) is 7.56. The van der Waals surface area contributed by atoms with E-state index in [1.54, 1.807) is 84.6 Å². The summed E-state index contributed by atoms with van der Waals surface area (Å²) in [4.78, 5) is 120. The first-order valence-corrected chi connectivity index (χ1v) is 27.2. The second-order valence-electron chi connectivity index (χ2n) is 21.1. The van der Waals surface area contributed by atoms with E-state index in [4.69, 9.17) is 39.5 Å². The van der Waals surface area contributed by atoms with E-state index in [1.807, 2.05) is 14.1 Å². The first kappa shape index (κ1) is 83.7. The van der Waals surface area contributed by atoms with Crippen molar-refractivity contribution in [3.8, 4) is 0 Å². The predicted molar refractivity (Wildman–Crippen MR) is 343 cm³/mol. The molecule has 6 amide bonds. The summed E-state index contributed by atoms with van der Waals surface area (Å²) in [5, 5.41) is 0.358. The van der Waals surface area contributed by atoms with Gasteiger partial charge >= 0.3 is 18.9 Å². The van der Waals surface area contributed by atoms with E-state index in [0.717, 1.165) is 32.8 Å². The molecule has 0 aliphatic carbocycles. The predicted octanol–water partition coefficient (Wildman–Crippen LogP) is 2.84. The van der Waals surface area contributed by atoms with E-state index in [9.17, 15) is 43.2 Å². The van der Waals surface area contributed by atoms with Crippen LogP contribution in [-0.2, 0) is 24.4 Å². The topological polar surface area (TPSA) is 204 Å². The van der Waals surface area contributed by atoms with Crippen molar-refractivity contribution < 1.29 is 68.2 Å². The van der Waals surface area contributed by atoms with Crippen molar-refractivity contribution in [2.75, 3.05) is 154 Å². The molecule has 20 nitrogen and oxygen atoms in total. The number of benzene rings is 4. The number of nitrogens with zero attached hydrogens (tertiary/aromatic N) is 9. The first-order chi connectivity index (χ1) is 38.5. The quantitative estimate of drug-likeness (QED) is 0.134. The van der Waals surface area contributed by atoms with Crippen LogP contribution in [0.4, 0.5) is 0 Å². The van der Waals surface area contributed by atoms with Crippen LogP contribution in [0.15, 0.2) is 72.8 Å². The second-order valence-corrected chi connectivity index (χ2v) is 22.1. The molecule has 466 valence electrons. The Morgan fingerprint density at radius 2 is 0.506 bits per heavy atom. The van der Waals surface area contributed by atoms with Gasteiger partial charge in [0.2, 0.25) is 0 Å². The number of halogens is 3. The van der Waals surface area contributed by atoms with E-state index in [1.165, 1.54) is 114 Å². The SMILES string of the molecule is C1CCOC1.CN(C)C(=O)c1cc(C(=O)N(C)C)cc(C(=O)N(C)C)c1.CN(C)C(=O)c1cc(C(=O)N(C)C)cc(C(=O)N(C)C)c1.CN(C)Cc1cc(CN(C)C)cc(CN(C)C)c1.CNC.O=C(Cl)c1cc(C(=O)Cl)cc(C(=O)Cl)c1.[AlH3].[H-].[Li+]. The first-order valence-electron chi connectivity index (χ1n) is 26.1. The molecule has 0 spiro atoms. The summed E-state index contributed by atoms with van der Waals surface area (Å²) in [6.07, 6.45) is 2.56. The van der Waals surface area contributed by atoms with Crippen LogP contribution < -0.4 is 24.2 Å². The summed E-state index contributed by atoms with van der Waals surface area (Å²) in [6, 6.07) is 19.6. The summed E-state index contributed by atoms with van der Waals surface area (Å²) in [5.41, 5.74) is 6.08. The van der Waals surface area contributed by atoms with Crippen LogP contribution >= 0.6 is 34.8 Å². The van der Waals surface area contributed by atoms with Crippen LogP contribution in [0, 0.1) is 0 Å². The van der Waals surface area contributed by atoms with Gasteiger partial charge in [-0.15, -0.1) is 0 Å². The molecular formula is C60H91AlCl3LiN10O10. The molecule has 4 aromatic rings. The zero-order valence-electron chi connectivity index (χ0n) is 54.1. The van der Waals surface area contributed by atoms with Crippen molar-refractivity contribution in [1.29, 1.82) is 0 Å². The second kappa shape index (κ2) is 42.4. The number of hydrogen-bond donors (Lipinski definition) is 1. The van der Waals surface area contributed by atoms with Gasteiger partial charge < -0.3 is 55.6 Å². The van der Waals surface area contributed by atoms with Crippen LogP contribution in [0.25, 0.3) is 0 Å². The Morgan fingerprint density at radius 3 is 0.612 bits per heavy atom. The molecule has 0 atom stereocenters. The molecule has 1 fully saturated rings. The molecule has 1 aliphatic heterocycles. The Morgan fingerprint density at radius 1 is 0.353 bits per heavy atom. The van der Waals surface area contributed by atoms with E-state index in [0.29, 0.717) is 33.4 Å². The van der Waals surface area contributed by atoms with Crippen molar-refractivity contribution in [2.45, 2.75) is 32.5 Å². The monoisotopic (exact) mass is 1250 g/mol. The molecule has 1 saturated heterocycles. The maximum Gasteiger partial charge on any atom is 1.00 e. The van der Waals surface area contributed by atoms with E-state index in [2.05, 4.69) is 80.5 Å². The number of nitrogens with one attached hydrogen (secondary N) is 1. The minimum atomic E-state index is -0.797. The normalized spacial score (nSPS) is 10.8. The third-order valence-electron chi connectivity index (χ3n) is 10.8. The fraction of sp³-hybridized carbons (Fsp3) is 0.450. The molecule has 0 bridgehead atoms. The number of carbonyl (C=O) groups excluding carboxylic acids is 9. The minimum Gasteiger partial charge on any atom is -1.00 e. The Kier molecular flexibility index (Phi) is 41.7.